The van der Waals surface area contributed by atoms with Crippen molar-refractivity contribution in [2.75, 3.05) is 20.2 Å². The quantitative estimate of drug-likeness (QED) is 0.645. The highest BCUT2D eigenvalue weighted by Gasteiger charge is 2.24. The van der Waals surface area contributed by atoms with Gasteiger partial charge in [0.15, 0.2) is 0 Å². The number of carbonyl (C=O) groups excluding carboxylic acids is 2. The molecule has 1 amide bonds. The van der Waals surface area contributed by atoms with Gasteiger partial charge in [0.1, 0.15) is 0 Å². The first-order valence-corrected chi connectivity index (χ1v) is 8.44. The zero-order valence-corrected chi connectivity index (χ0v) is 13.9. The van der Waals surface area contributed by atoms with Crippen molar-refractivity contribution in [3.63, 3.8) is 0 Å². The Morgan fingerprint density at radius 2 is 1.90 bits per heavy atom. The minimum absolute atomic E-state index is 0.214. The van der Waals surface area contributed by atoms with Crippen molar-refractivity contribution < 1.29 is 14.3 Å². The molecular formula is C17H31NO3. The van der Waals surface area contributed by atoms with Crippen LogP contribution < -0.4 is 0 Å². The molecule has 1 aliphatic rings. The van der Waals surface area contributed by atoms with Crippen molar-refractivity contribution in [2.45, 2.75) is 65.2 Å². The van der Waals surface area contributed by atoms with Crippen LogP contribution in [0.1, 0.15) is 65.2 Å². The predicted octanol–water partition coefficient (Wildman–Crippen LogP) is 3.39. The summed E-state index contributed by atoms with van der Waals surface area (Å²) in [5, 5.41) is 0. The molecule has 122 valence electrons. The summed E-state index contributed by atoms with van der Waals surface area (Å²) < 4.78 is 4.77. The lowest BCUT2D eigenvalue weighted by molar-refractivity contribution is -0.146. The number of nitrogens with zero attached hydrogens (tertiary/aromatic N) is 1. The molecule has 0 aromatic rings. The summed E-state index contributed by atoms with van der Waals surface area (Å²) in [5.41, 5.74) is 0. The topological polar surface area (TPSA) is 46.6 Å². The summed E-state index contributed by atoms with van der Waals surface area (Å²) in [4.78, 5) is 26.0. The van der Waals surface area contributed by atoms with Crippen molar-refractivity contribution in [3.8, 4) is 0 Å². The second kappa shape index (κ2) is 9.80. The number of amides is 1. The predicted molar refractivity (Wildman–Crippen MR) is 83.9 cm³/mol. The van der Waals surface area contributed by atoms with Crippen molar-refractivity contribution in [3.05, 3.63) is 0 Å². The molecule has 0 heterocycles. The second-order valence-electron chi connectivity index (χ2n) is 6.33. The molecule has 1 rings (SSSR count). The maximum atomic E-state index is 12.5. The number of unbranched alkanes of at least 4 members (excludes halogenated alkanes) is 1. The Morgan fingerprint density at radius 1 is 1.24 bits per heavy atom. The Bertz CT molecular complexity index is 324. The van der Waals surface area contributed by atoms with Gasteiger partial charge >= 0.3 is 5.97 Å². The van der Waals surface area contributed by atoms with E-state index in [0.29, 0.717) is 18.9 Å². The highest BCUT2D eigenvalue weighted by molar-refractivity contribution is 5.78. The van der Waals surface area contributed by atoms with Gasteiger partial charge in [-0.2, -0.15) is 0 Å². The molecule has 1 saturated carbocycles. The first kappa shape index (κ1) is 18.0. The molecule has 0 aliphatic heterocycles. The first-order chi connectivity index (χ1) is 10.1. The maximum absolute atomic E-state index is 12.5. The largest absolute Gasteiger partial charge is 0.469 e. The van der Waals surface area contributed by atoms with Crippen molar-refractivity contribution in [2.24, 2.45) is 11.8 Å². The van der Waals surface area contributed by atoms with Crippen LogP contribution in [-0.2, 0) is 14.3 Å². The molecule has 4 nitrogen and oxygen atoms in total. The van der Waals surface area contributed by atoms with E-state index < -0.39 is 0 Å². The molecule has 0 bridgehead atoms. The molecule has 1 unspecified atom stereocenters. The van der Waals surface area contributed by atoms with Crippen LogP contribution in [0.5, 0.6) is 0 Å². The number of methoxy groups -OCH3 is 1. The van der Waals surface area contributed by atoms with Gasteiger partial charge in [-0.05, 0) is 25.2 Å². The number of rotatable bonds is 8. The van der Waals surface area contributed by atoms with E-state index in [0.717, 1.165) is 19.4 Å². The van der Waals surface area contributed by atoms with E-state index in [1.54, 1.807) is 0 Å². The zero-order valence-electron chi connectivity index (χ0n) is 13.9. The molecule has 21 heavy (non-hydrogen) atoms. The molecule has 1 fully saturated rings. The van der Waals surface area contributed by atoms with Crippen LogP contribution in [0.2, 0.25) is 0 Å². The Balaban J connectivity index is 2.53. The molecule has 0 aromatic carbocycles. The fraction of sp³-hybridized carbons (Fsp3) is 0.882. The number of hydrogen-bond donors (Lipinski definition) is 0. The van der Waals surface area contributed by atoms with Gasteiger partial charge in [0.05, 0.1) is 13.0 Å². The van der Waals surface area contributed by atoms with E-state index in [-0.39, 0.29) is 17.8 Å². The van der Waals surface area contributed by atoms with Crippen LogP contribution in [-0.4, -0.2) is 37.0 Å². The maximum Gasteiger partial charge on any atom is 0.310 e. The third-order valence-corrected chi connectivity index (χ3v) is 4.42. The molecule has 1 atom stereocenters. The molecular weight excluding hydrogens is 266 g/mol. The average Bonchev–Trinajstić information content (AvgIpc) is 2.51. The van der Waals surface area contributed by atoms with Crippen LogP contribution in [0, 0.1) is 11.8 Å². The molecule has 0 saturated heterocycles. The van der Waals surface area contributed by atoms with E-state index in [1.165, 1.54) is 39.2 Å². The van der Waals surface area contributed by atoms with Crippen LogP contribution in [0.15, 0.2) is 0 Å². The van der Waals surface area contributed by atoms with Gasteiger partial charge in [0.2, 0.25) is 5.91 Å². The van der Waals surface area contributed by atoms with Gasteiger partial charge in [-0.25, -0.2) is 0 Å². The van der Waals surface area contributed by atoms with E-state index >= 15 is 0 Å². The molecule has 0 N–H and O–H groups in total. The molecule has 0 radical (unpaired) electrons. The molecule has 1 aliphatic carbocycles. The van der Waals surface area contributed by atoms with E-state index in [4.69, 9.17) is 4.74 Å². The summed E-state index contributed by atoms with van der Waals surface area (Å²) in [6, 6.07) is 0. The minimum Gasteiger partial charge on any atom is -0.469 e. The average molecular weight is 297 g/mol. The van der Waals surface area contributed by atoms with Gasteiger partial charge in [-0.15, -0.1) is 0 Å². The summed E-state index contributed by atoms with van der Waals surface area (Å²) in [5.74, 6) is 0.277. The number of hydrogen-bond acceptors (Lipinski definition) is 3. The lowest BCUT2D eigenvalue weighted by atomic mass is 9.86. The fourth-order valence-corrected chi connectivity index (χ4v) is 3.04. The molecule has 0 aromatic heterocycles. The standard InChI is InChI=1S/C17H31NO3/c1-4-5-11-18(13-14(2)17(20)21-3)16(19)12-15-9-7-6-8-10-15/h14-15H,4-13H2,1-3H3. The van der Waals surface area contributed by atoms with E-state index in [9.17, 15) is 9.59 Å². The second-order valence-corrected chi connectivity index (χ2v) is 6.33. The highest BCUT2D eigenvalue weighted by atomic mass is 16.5. The fourth-order valence-electron chi connectivity index (χ4n) is 3.04. The van der Waals surface area contributed by atoms with Gasteiger partial charge in [0, 0.05) is 19.5 Å². The summed E-state index contributed by atoms with van der Waals surface area (Å²) >= 11 is 0. The van der Waals surface area contributed by atoms with Crippen LogP contribution in [0.25, 0.3) is 0 Å². The van der Waals surface area contributed by atoms with Crippen LogP contribution >= 0.6 is 0 Å². The van der Waals surface area contributed by atoms with Gasteiger partial charge in [0.25, 0.3) is 0 Å². The Labute approximate surface area is 129 Å². The summed E-state index contributed by atoms with van der Waals surface area (Å²) in [6.45, 7) is 5.19. The number of ether oxygens (including phenoxy) is 1. The zero-order chi connectivity index (χ0) is 15.7. The monoisotopic (exact) mass is 297 g/mol. The molecule has 0 spiro atoms. The minimum atomic E-state index is -0.248. The highest BCUT2D eigenvalue weighted by Crippen LogP contribution is 2.27. The van der Waals surface area contributed by atoms with E-state index in [1.807, 2.05) is 11.8 Å². The van der Waals surface area contributed by atoms with Crippen molar-refractivity contribution in [1.82, 2.24) is 4.90 Å². The van der Waals surface area contributed by atoms with Crippen molar-refractivity contribution in [1.29, 1.82) is 0 Å². The van der Waals surface area contributed by atoms with Gasteiger partial charge < -0.3 is 9.64 Å². The third kappa shape index (κ3) is 6.49. The van der Waals surface area contributed by atoms with Gasteiger partial charge in [-0.3, -0.25) is 9.59 Å². The lowest BCUT2D eigenvalue weighted by Gasteiger charge is -2.28. The van der Waals surface area contributed by atoms with Gasteiger partial charge in [-0.1, -0.05) is 39.5 Å². The normalized spacial score (nSPS) is 17.3. The van der Waals surface area contributed by atoms with Crippen molar-refractivity contribution >= 4 is 11.9 Å². The van der Waals surface area contributed by atoms with Crippen LogP contribution in [0.3, 0.4) is 0 Å². The lowest BCUT2D eigenvalue weighted by Crippen LogP contribution is -2.38. The summed E-state index contributed by atoms with van der Waals surface area (Å²) in [6.07, 6.45) is 8.88. The van der Waals surface area contributed by atoms with Crippen LogP contribution in [0.4, 0.5) is 0 Å². The Hall–Kier alpha value is -1.06. The SMILES string of the molecule is CCCCN(CC(C)C(=O)OC)C(=O)CC1CCCCC1. The van der Waals surface area contributed by atoms with E-state index in [2.05, 4.69) is 6.92 Å². The summed E-state index contributed by atoms with van der Waals surface area (Å²) in [7, 11) is 1.40. The third-order valence-electron chi connectivity index (χ3n) is 4.42. The molecule has 4 heteroatoms. The number of esters is 1. The smallest absolute Gasteiger partial charge is 0.310 e. The first-order valence-electron chi connectivity index (χ1n) is 8.44. The Kier molecular flexibility index (Phi) is 8.40. The number of carbonyl (C=O) groups is 2. The Morgan fingerprint density at radius 3 is 2.48 bits per heavy atom.